The van der Waals surface area contributed by atoms with E-state index in [9.17, 15) is 9.59 Å². The molecule has 2 unspecified atom stereocenters. The Kier molecular flexibility index (Phi) is 3.53. The molecule has 0 spiro atoms. The van der Waals surface area contributed by atoms with Gasteiger partial charge in [-0.1, -0.05) is 20.3 Å². The topological polar surface area (TPSA) is 49.4 Å². The van der Waals surface area contributed by atoms with E-state index in [4.69, 9.17) is 0 Å². The Bertz CT molecular complexity index is 456. The molecule has 0 aromatic rings. The van der Waals surface area contributed by atoms with Crippen molar-refractivity contribution in [3.05, 3.63) is 0 Å². The molecule has 3 fully saturated rings. The number of hydrogen-bond donors (Lipinski definition) is 1. The third kappa shape index (κ3) is 2.82. The Morgan fingerprint density at radius 3 is 2.48 bits per heavy atom. The first kappa shape index (κ1) is 14.9. The summed E-state index contributed by atoms with van der Waals surface area (Å²) < 4.78 is 0. The number of carbonyl (C=O) groups excluding carboxylic acids is 2. The zero-order valence-electron chi connectivity index (χ0n) is 13.6. The van der Waals surface area contributed by atoms with Crippen LogP contribution in [-0.2, 0) is 9.59 Å². The molecular formula is C17H28N2O2. The monoisotopic (exact) mass is 292 g/mol. The second kappa shape index (κ2) is 4.99. The highest BCUT2D eigenvalue weighted by molar-refractivity contribution is 5.94. The van der Waals surface area contributed by atoms with Crippen LogP contribution in [0.1, 0.15) is 65.7 Å². The third-order valence-corrected chi connectivity index (χ3v) is 5.70. The first-order valence-electron chi connectivity index (χ1n) is 8.44. The van der Waals surface area contributed by atoms with Crippen LogP contribution in [0, 0.1) is 11.3 Å². The number of nitrogens with zero attached hydrogens (tertiary/aromatic N) is 1. The fourth-order valence-electron chi connectivity index (χ4n) is 4.24. The molecule has 1 saturated heterocycles. The normalized spacial score (nSPS) is 37.1. The van der Waals surface area contributed by atoms with Gasteiger partial charge in [-0.15, -0.1) is 0 Å². The van der Waals surface area contributed by atoms with E-state index in [-0.39, 0.29) is 11.8 Å². The van der Waals surface area contributed by atoms with Crippen molar-refractivity contribution in [3.8, 4) is 0 Å². The summed E-state index contributed by atoms with van der Waals surface area (Å²) in [4.78, 5) is 27.2. The van der Waals surface area contributed by atoms with Gasteiger partial charge in [-0.3, -0.25) is 9.59 Å². The van der Waals surface area contributed by atoms with Crippen LogP contribution in [0.2, 0.25) is 0 Å². The van der Waals surface area contributed by atoms with Gasteiger partial charge in [0.05, 0.1) is 0 Å². The van der Waals surface area contributed by atoms with E-state index in [1.54, 1.807) is 0 Å². The highest BCUT2D eigenvalue weighted by Gasteiger charge is 2.52. The maximum atomic E-state index is 13.1. The van der Waals surface area contributed by atoms with Crippen molar-refractivity contribution in [2.75, 3.05) is 6.54 Å². The average molecular weight is 292 g/mol. The van der Waals surface area contributed by atoms with Gasteiger partial charge in [-0.2, -0.15) is 0 Å². The minimum Gasteiger partial charge on any atom is -0.342 e. The van der Waals surface area contributed by atoms with Crippen LogP contribution < -0.4 is 5.32 Å². The lowest BCUT2D eigenvalue weighted by atomic mass is 9.74. The summed E-state index contributed by atoms with van der Waals surface area (Å²) in [5.74, 6) is 0.542. The molecule has 0 bridgehead atoms. The number of hydrogen-bond acceptors (Lipinski definition) is 2. The standard InChI is InChI=1S/C17H28N2O2/c1-16(2)9-4-5-13(11-16)19-10-8-14(20)18-17(3,15(19)21)12-6-7-12/h12-13H,4-11H2,1-3H3,(H,18,20). The summed E-state index contributed by atoms with van der Waals surface area (Å²) in [6.45, 7) is 7.13. The van der Waals surface area contributed by atoms with E-state index in [2.05, 4.69) is 19.2 Å². The van der Waals surface area contributed by atoms with Crippen molar-refractivity contribution in [1.82, 2.24) is 10.2 Å². The van der Waals surface area contributed by atoms with E-state index >= 15 is 0 Å². The molecule has 21 heavy (non-hydrogen) atoms. The number of amides is 2. The highest BCUT2D eigenvalue weighted by atomic mass is 16.2. The largest absolute Gasteiger partial charge is 0.342 e. The predicted molar refractivity (Wildman–Crippen MR) is 81.6 cm³/mol. The van der Waals surface area contributed by atoms with Gasteiger partial charge in [0.25, 0.3) is 0 Å². The van der Waals surface area contributed by atoms with Crippen LogP contribution in [-0.4, -0.2) is 34.8 Å². The molecule has 0 aromatic heterocycles. The van der Waals surface area contributed by atoms with E-state index in [0.717, 1.165) is 25.7 Å². The van der Waals surface area contributed by atoms with Gasteiger partial charge >= 0.3 is 0 Å². The highest BCUT2D eigenvalue weighted by Crippen LogP contribution is 2.43. The predicted octanol–water partition coefficient (Wildman–Crippen LogP) is 2.47. The zero-order valence-corrected chi connectivity index (χ0v) is 13.6. The smallest absolute Gasteiger partial charge is 0.248 e. The van der Waals surface area contributed by atoms with Gasteiger partial charge in [0, 0.05) is 19.0 Å². The molecule has 4 heteroatoms. The van der Waals surface area contributed by atoms with Crippen molar-refractivity contribution in [2.24, 2.45) is 11.3 Å². The lowest BCUT2D eigenvalue weighted by molar-refractivity contribution is -0.142. The molecule has 1 heterocycles. The third-order valence-electron chi connectivity index (χ3n) is 5.70. The summed E-state index contributed by atoms with van der Waals surface area (Å²) in [6, 6.07) is 0.312. The van der Waals surface area contributed by atoms with Gasteiger partial charge in [0.1, 0.15) is 5.54 Å². The average Bonchev–Trinajstić information content (AvgIpc) is 3.21. The van der Waals surface area contributed by atoms with Crippen LogP contribution in [0.4, 0.5) is 0 Å². The Morgan fingerprint density at radius 2 is 1.86 bits per heavy atom. The van der Waals surface area contributed by atoms with Gasteiger partial charge in [0.15, 0.2) is 0 Å². The minimum absolute atomic E-state index is 0.0373. The lowest BCUT2D eigenvalue weighted by Crippen LogP contribution is -2.59. The fourth-order valence-corrected chi connectivity index (χ4v) is 4.24. The molecule has 0 radical (unpaired) electrons. The van der Waals surface area contributed by atoms with Crippen molar-refractivity contribution in [3.63, 3.8) is 0 Å². The van der Waals surface area contributed by atoms with Crippen LogP contribution in [0.5, 0.6) is 0 Å². The summed E-state index contributed by atoms with van der Waals surface area (Å²) in [5, 5.41) is 3.03. The Hall–Kier alpha value is -1.06. The van der Waals surface area contributed by atoms with Gasteiger partial charge in [-0.05, 0) is 50.4 Å². The minimum atomic E-state index is -0.658. The van der Waals surface area contributed by atoms with Crippen LogP contribution in [0.15, 0.2) is 0 Å². The Balaban J connectivity index is 1.83. The molecule has 2 atom stereocenters. The van der Waals surface area contributed by atoms with Crippen molar-refractivity contribution >= 4 is 11.8 Å². The summed E-state index contributed by atoms with van der Waals surface area (Å²) >= 11 is 0. The second-order valence-electron chi connectivity index (χ2n) is 8.19. The van der Waals surface area contributed by atoms with Crippen LogP contribution >= 0.6 is 0 Å². The molecule has 4 nitrogen and oxygen atoms in total. The Morgan fingerprint density at radius 1 is 1.14 bits per heavy atom. The van der Waals surface area contributed by atoms with Gasteiger partial charge in [0.2, 0.25) is 11.8 Å². The van der Waals surface area contributed by atoms with Crippen LogP contribution in [0.3, 0.4) is 0 Å². The molecule has 2 aliphatic carbocycles. The molecule has 2 saturated carbocycles. The molecule has 118 valence electrons. The second-order valence-corrected chi connectivity index (χ2v) is 8.19. The molecule has 0 aromatic carbocycles. The molecule has 1 N–H and O–H groups in total. The quantitative estimate of drug-likeness (QED) is 0.850. The van der Waals surface area contributed by atoms with E-state index in [1.807, 2.05) is 11.8 Å². The maximum Gasteiger partial charge on any atom is 0.248 e. The number of rotatable bonds is 2. The number of nitrogens with one attached hydrogen (secondary N) is 1. The molecular weight excluding hydrogens is 264 g/mol. The summed E-state index contributed by atoms with van der Waals surface area (Å²) in [7, 11) is 0. The summed E-state index contributed by atoms with van der Waals surface area (Å²) in [6.07, 6.45) is 7.15. The van der Waals surface area contributed by atoms with E-state index in [0.29, 0.717) is 30.3 Å². The number of carbonyl (C=O) groups is 2. The fraction of sp³-hybridized carbons (Fsp3) is 0.882. The van der Waals surface area contributed by atoms with E-state index < -0.39 is 5.54 Å². The van der Waals surface area contributed by atoms with Gasteiger partial charge < -0.3 is 10.2 Å². The van der Waals surface area contributed by atoms with Gasteiger partial charge in [-0.25, -0.2) is 0 Å². The zero-order chi connectivity index (χ0) is 15.3. The van der Waals surface area contributed by atoms with Crippen molar-refractivity contribution in [1.29, 1.82) is 0 Å². The summed E-state index contributed by atoms with van der Waals surface area (Å²) in [5.41, 5.74) is -0.349. The van der Waals surface area contributed by atoms with Crippen LogP contribution in [0.25, 0.3) is 0 Å². The molecule has 1 aliphatic heterocycles. The van der Waals surface area contributed by atoms with Crippen molar-refractivity contribution < 1.29 is 9.59 Å². The first-order valence-corrected chi connectivity index (χ1v) is 8.44. The molecule has 3 aliphatic rings. The lowest BCUT2D eigenvalue weighted by Gasteiger charge is -2.43. The first-order chi connectivity index (χ1) is 9.82. The van der Waals surface area contributed by atoms with E-state index in [1.165, 1.54) is 12.8 Å². The molecule has 2 amide bonds. The van der Waals surface area contributed by atoms with Crippen molar-refractivity contribution in [2.45, 2.75) is 77.3 Å². The SMILES string of the molecule is CC1(C)CCCC(N2CCC(=O)NC(C)(C3CC3)C2=O)C1. The Labute approximate surface area is 127 Å². The molecule has 3 rings (SSSR count). The maximum absolute atomic E-state index is 13.1.